The number of benzene rings is 2. The number of halogens is 1. The topological polar surface area (TPSA) is 104 Å². The summed E-state index contributed by atoms with van der Waals surface area (Å²) in [5.74, 6) is -0.291. The van der Waals surface area contributed by atoms with E-state index in [-0.39, 0.29) is 31.3 Å². The number of anilines is 1. The highest BCUT2D eigenvalue weighted by Gasteiger charge is 2.10. The second kappa shape index (κ2) is 8.28. The van der Waals surface area contributed by atoms with Crippen LogP contribution in [0.15, 0.2) is 42.5 Å². The Labute approximate surface area is 143 Å². The summed E-state index contributed by atoms with van der Waals surface area (Å²) in [6, 6.07) is 11.0. The molecule has 0 heterocycles. The zero-order valence-corrected chi connectivity index (χ0v) is 13.4. The summed E-state index contributed by atoms with van der Waals surface area (Å²) < 4.78 is 0. The summed E-state index contributed by atoms with van der Waals surface area (Å²) in [6.45, 7) is 0.330. The maximum Gasteiger partial charge on any atom is 0.269 e. The fraction of sp³-hybridized carbons (Fsp3) is 0.188. The number of hydrogen-bond acceptors (Lipinski definition) is 5. The largest absolute Gasteiger partial charge is 0.395 e. The number of nitrogens with zero attached hydrogens (tertiary/aromatic N) is 1. The van der Waals surface area contributed by atoms with Crippen LogP contribution in [-0.2, 0) is 6.54 Å². The molecule has 0 saturated carbocycles. The second-order valence-electron chi connectivity index (χ2n) is 4.95. The molecule has 0 aliphatic rings. The highest BCUT2D eigenvalue weighted by molar-refractivity contribution is 6.31. The van der Waals surface area contributed by atoms with E-state index in [1.54, 1.807) is 24.3 Å². The third-order valence-corrected chi connectivity index (χ3v) is 3.61. The van der Waals surface area contributed by atoms with Crippen molar-refractivity contribution in [3.05, 3.63) is 68.7 Å². The van der Waals surface area contributed by atoms with Crippen LogP contribution in [0.25, 0.3) is 0 Å². The smallest absolute Gasteiger partial charge is 0.269 e. The lowest BCUT2D eigenvalue weighted by atomic mass is 10.1. The number of carbonyl (C=O) groups is 1. The van der Waals surface area contributed by atoms with Crippen LogP contribution in [0.1, 0.15) is 15.9 Å². The molecule has 0 bridgehead atoms. The standard InChI is InChI=1S/C16H16ClN3O4/c17-15-5-4-14(20(23)24)9-12(15)10-19-13-3-1-2-11(8-13)16(22)18-6-7-21/h1-5,8-9,19,21H,6-7,10H2,(H,18,22). The number of nitro groups is 1. The molecule has 0 spiro atoms. The van der Waals surface area contributed by atoms with Crippen molar-refractivity contribution >= 4 is 28.9 Å². The second-order valence-corrected chi connectivity index (χ2v) is 5.35. The quantitative estimate of drug-likeness (QED) is 0.526. The van der Waals surface area contributed by atoms with Gasteiger partial charge in [0.2, 0.25) is 0 Å². The average molecular weight is 350 g/mol. The molecule has 0 fully saturated rings. The molecule has 24 heavy (non-hydrogen) atoms. The molecule has 8 heteroatoms. The Morgan fingerprint density at radius 2 is 2.04 bits per heavy atom. The Balaban J connectivity index is 2.08. The van der Waals surface area contributed by atoms with Gasteiger partial charge in [0.25, 0.3) is 11.6 Å². The molecule has 0 aromatic heterocycles. The van der Waals surface area contributed by atoms with Crippen LogP contribution in [0, 0.1) is 10.1 Å². The van der Waals surface area contributed by atoms with Gasteiger partial charge in [-0.05, 0) is 29.8 Å². The van der Waals surface area contributed by atoms with Gasteiger partial charge in [0.05, 0.1) is 11.5 Å². The number of non-ortho nitro benzene ring substituents is 1. The van der Waals surface area contributed by atoms with Gasteiger partial charge in [-0.15, -0.1) is 0 Å². The van der Waals surface area contributed by atoms with E-state index >= 15 is 0 Å². The van der Waals surface area contributed by atoms with Gasteiger partial charge in [0.1, 0.15) is 0 Å². The van der Waals surface area contributed by atoms with Crippen molar-refractivity contribution in [2.45, 2.75) is 6.54 Å². The van der Waals surface area contributed by atoms with Gasteiger partial charge in [-0.2, -0.15) is 0 Å². The number of nitrogens with one attached hydrogen (secondary N) is 2. The van der Waals surface area contributed by atoms with Gasteiger partial charge in [0.15, 0.2) is 0 Å². The Kier molecular flexibility index (Phi) is 6.11. The molecule has 0 saturated heterocycles. The van der Waals surface area contributed by atoms with Crippen molar-refractivity contribution in [2.75, 3.05) is 18.5 Å². The molecule has 7 nitrogen and oxygen atoms in total. The van der Waals surface area contributed by atoms with E-state index in [1.807, 2.05) is 0 Å². The van der Waals surface area contributed by atoms with Crippen molar-refractivity contribution in [1.82, 2.24) is 5.32 Å². The van der Waals surface area contributed by atoms with E-state index in [1.165, 1.54) is 18.2 Å². The minimum Gasteiger partial charge on any atom is -0.395 e. The Bertz CT molecular complexity index is 752. The molecule has 0 unspecified atom stereocenters. The zero-order chi connectivity index (χ0) is 17.5. The highest BCUT2D eigenvalue weighted by atomic mass is 35.5. The fourth-order valence-corrected chi connectivity index (χ4v) is 2.23. The van der Waals surface area contributed by atoms with Gasteiger partial charge in [-0.25, -0.2) is 0 Å². The monoisotopic (exact) mass is 349 g/mol. The fourth-order valence-electron chi connectivity index (χ4n) is 2.05. The maximum absolute atomic E-state index is 11.9. The van der Waals surface area contributed by atoms with Crippen LogP contribution >= 0.6 is 11.6 Å². The van der Waals surface area contributed by atoms with Crippen LogP contribution in [0.5, 0.6) is 0 Å². The van der Waals surface area contributed by atoms with Gasteiger partial charge >= 0.3 is 0 Å². The molecule has 2 rings (SSSR count). The van der Waals surface area contributed by atoms with Crippen LogP contribution in [0.4, 0.5) is 11.4 Å². The molecule has 3 N–H and O–H groups in total. The van der Waals surface area contributed by atoms with E-state index in [4.69, 9.17) is 16.7 Å². The molecule has 126 valence electrons. The summed E-state index contributed by atoms with van der Waals surface area (Å²) in [5, 5.41) is 25.6. The van der Waals surface area contributed by atoms with Crippen LogP contribution in [-0.4, -0.2) is 29.1 Å². The van der Waals surface area contributed by atoms with Gasteiger partial charge in [-0.1, -0.05) is 17.7 Å². The number of rotatable bonds is 7. The summed E-state index contributed by atoms with van der Waals surface area (Å²) in [5.41, 5.74) is 1.67. The molecule has 2 aromatic carbocycles. The first-order chi connectivity index (χ1) is 11.5. The number of amides is 1. The zero-order valence-electron chi connectivity index (χ0n) is 12.7. The third kappa shape index (κ3) is 4.68. The first kappa shape index (κ1) is 17.7. The number of hydrogen-bond donors (Lipinski definition) is 3. The Morgan fingerprint density at radius 3 is 2.75 bits per heavy atom. The number of carbonyl (C=O) groups excluding carboxylic acids is 1. The van der Waals surface area contributed by atoms with E-state index in [0.717, 1.165) is 0 Å². The lowest BCUT2D eigenvalue weighted by Crippen LogP contribution is -2.26. The summed E-state index contributed by atoms with van der Waals surface area (Å²) in [6.07, 6.45) is 0. The minimum atomic E-state index is -0.480. The number of aliphatic hydroxyl groups excluding tert-OH is 1. The van der Waals surface area contributed by atoms with Crippen molar-refractivity contribution in [1.29, 1.82) is 0 Å². The highest BCUT2D eigenvalue weighted by Crippen LogP contribution is 2.23. The predicted molar refractivity (Wildman–Crippen MR) is 91.3 cm³/mol. The van der Waals surface area contributed by atoms with Crippen LogP contribution in [0.2, 0.25) is 5.02 Å². The molecule has 0 radical (unpaired) electrons. The molecule has 0 aliphatic carbocycles. The van der Waals surface area contributed by atoms with E-state index in [9.17, 15) is 14.9 Å². The van der Waals surface area contributed by atoms with Crippen molar-refractivity contribution < 1.29 is 14.8 Å². The Hall–Kier alpha value is -2.64. The normalized spacial score (nSPS) is 10.2. The SMILES string of the molecule is O=C(NCCO)c1cccc(NCc2cc([N+](=O)[O-])ccc2Cl)c1. The predicted octanol–water partition coefficient (Wildman–Crippen LogP) is 2.58. The maximum atomic E-state index is 11.9. The van der Waals surface area contributed by atoms with Crippen LogP contribution in [0.3, 0.4) is 0 Å². The summed E-state index contributed by atoms with van der Waals surface area (Å²) in [7, 11) is 0. The van der Waals surface area contributed by atoms with E-state index in [0.29, 0.717) is 21.8 Å². The number of nitro benzene ring substituents is 1. The van der Waals surface area contributed by atoms with Crippen molar-refractivity contribution in [2.24, 2.45) is 0 Å². The van der Waals surface area contributed by atoms with Gasteiger partial charge in [0, 0.05) is 41.5 Å². The molecular weight excluding hydrogens is 334 g/mol. The average Bonchev–Trinajstić information content (AvgIpc) is 2.59. The summed E-state index contributed by atoms with van der Waals surface area (Å²) in [4.78, 5) is 22.2. The minimum absolute atomic E-state index is 0.0340. The molecule has 2 aromatic rings. The van der Waals surface area contributed by atoms with Crippen molar-refractivity contribution in [3.8, 4) is 0 Å². The lowest BCUT2D eigenvalue weighted by molar-refractivity contribution is -0.384. The van der Waals surface area contributed by atoms with Gasteiger partial charge in [-0.3, -0.25) is 14.9 Å². The first-order valence-electron chi connectivity index (χ1n) is 7.17. The summed E-state index contributed by atoms with van der Waals surface area (Å²) >= 11 is 6.06. The lowest BCUT2D eigenvalue weighted by Gasteiger charge is -2.10. The van der Waals surface area contributed by atoms with E-state index < -0.39 is 4.92 Å². The third-order valence-electron chi connectivity index (χ3n) is 3.25. The molecule has 0 aliphatic heterocycles. The van der Waals surface area contributed by atoms with Crippen molar-refractivity contribution in [3.63, 3.8) is 0 Å². The van der Waals surface area contributed by atoms with Gasteiger partial charge < -0.3 is 15.7 Å². The van der Waals surface area contributed by atoms with E-state index in [2.05, 4.69) is 10.6 Å². The first-order valence-corrected chi connectivity index (χ1v) is 7.55. The molecular formula is C16H16ClN3O4. The Morgan fingerprint density at radius 1 is 1.25 bits per heavy atom. The van der Waals surface area contributed by atoms with Crippen LogP contribution < -0.4 is 10.6 Å². The molecule has 0 atom stereocenters. The molecule has 1 amide bonds. The number of aliphatic hydroxyl groups is 1.